The summed E-state index contributed by atoms with van der Waals surface area (Å²) in [5.41, 5.74) is 3.18. The maximum Gasteiger partial charge on any atom is 0.407 e. The number of benzene rings is 2. The van der Waals surface area contributed by atoms with E-state index in [1.54, 1.807) is 13.8 Å². The first-order chi connectivity index (χ1) is 22.6. The van der Waals surface area contributed by atoms with E-state index in [0.29, 0.717) is 51.1 Å². The summed E-state index contributed by atoms with van der Waals surface area (Å²) < 4.78 is 6.34. The van der Waals surface area contributed by atoms with E-state index in [1.807, 2.05) is 41.6 Å². The maximum atomic E-state index is 14.0. The monoisotopic (exact) mass is 640 g/mol. The minimum atomic E-state index is -1.08. The van der Waals surface area contributed by atoms with Gasteiger partial charge in [-0.25, -0.2) is 4.79 Å². The third kappa shape index (κ3) is 6.66. The standard InChI is InChI=1S/C36H44N6O5/c1-36(2,34(44)40-20-28-22-41(35(45)46)23-29(28)21-40)47-32-7-3-6-31(15-32)39-14-4-5-26(19-39)33(43)42(30-12-13-30)18-24-8-10-25(11-9-24)27-16-37-38-17-27/h3,6-11,15-17,26,28-30H,4-5,12-14,18-23H2,1-2H3,(H,37,38)(H,45,46)/t26-,28-,29+/m1/s1. The molecule has 2 aromatic carbocycles. The van der Waals surface area contributed by atoms with E-state index in [0.717, 1.165) is 54.6 Å². The number of aromatic nitrogens is 2. The second kappa shape index (κ2) is 12.6. The van der Waals surface area contributed by atoms with Crippen molar-refractivity contribution >= 4 is 23.6 Å². The molecule has 3 atom stereocenters. The van der Waals surface area contributed by atoms with E-state index in [-0.39, 0.29) is 29.6 Å². The Balaban J connectivity index is 0.974. The number of ether oxygens (including phenoxy) is 1. The van der Waals surface area contributed by atoms with Crippen molar-refractivity contribution in [2.75, 3.05) is 44.2 Å². The fraction of sp³-hybridized carbons (Fsp3) is 0.500. The van der Waals surface area contributed by atoms with Gasteiger partial charge in [0.05, 0.1) is 12.1 Å². The summed E-state index contributed by atoms with van der Waals surface area (Å²) >= 11 is 0. The Labute approximate surface area is 275 Å². The highest BCUT2D eigenvalue weighted by molar-refractivity contribution is 5.85. The Kier molecular flexibility index (Phi) is 8.32. The minimum Gasteiger partial charge on any atom is -0.478 e. The van der Waals surface area contributed by atoms with Gasteiger partial charge in [-0.15, -0.1) is 0 Å². The molecule has 2 N–H and O–H groups in total. The average Bonchev–Trinajstić information content (AvgIpc) is 3.41. The number of piperidine rings is 1. The normalized spacial score (nSPS) is 22.7. The molecule has 1 aliphatic carbocycles. The SMILES string of the molecule is CC(C)(Oc1cccc(N2CCC[C@@H](C(=O)N(Cc3ccc(-c4cn[nH]c4)cc3)C3CC3)C2)c1)C(=O)N1C[C@H]2CN(C(=O)O)C[C@H]2C1. The van der Waals surface area contributed by atoms with Gasteiger partial charge < -0.3 is 29.4 Å². The molecule has 248 valence electrons. The lowest BCUT2D eigenvalue weighted by atomic mass is 9.95. The molecule has 0 unspecified atom stereocenters. The average molecular weight is 641 g/mol. The lowest BCUT2D eigenvalue weighted by Gasteiger charge is -2.37. The first-order valence-electron chi connectivity index (χ1n) is 16.8. The molecule has 11 nitrogen and oxygen atoms in total. The van der Waals surface area contributed by atoms with Crippen molar-refractivity contribution in [2.45, 2.75) is 57.7 Å². The Hall–Kier alpha value is -4.54. The van der Waals surface area contributed by atoms with Crippen LogP contribution in [0.5, 0.6) is 5.75 Å². The van der Waals surface area contributed by atoms with E-state index in [2.05, 4.69) is 44.3 Å². The van der Waals surface area contributed by atoms with E-state index in [9.17, 15) is 19.5 Å². The lowest BCUT2D eigenvalue weighted by Crippen LogP contribution is -2.49. The zero-order valence-electron chi connectivity index (χ0n) is 27.2. The molecule has 1 aromatic heterocycles. The number of amides is 3. The second-order valence-corrected chi connectivity index (χ2v) is 14.2. The van der Waals surface area contributed by atoms with Gasteiger partial charge in [0, 0.05) is 87.2 Å². The topological polar surface area (TPSA) is 122 Å². The number of nitrogens with one attached hydrogen (secondary N) is 1. The largest absolute Gasteiger partial charge is 0.478 e. The summed E-state index contributed by atoms with van der Waals surface area (Å²) in [4.78, 5) is 46.6. The number of rotatable bonds is 9. The van der Waals surface area contributed by atoms with Crippen molar-refractivity contribution in [1.82, 2.24) is 24.9 Å². The van der Waals surface area contributed by atoms with Gasteiger partial charge in [0.25, 0.3) is 5.91 Å². The Morgan fingerprint density at radius 2 is 1.68 bits per heavy atom. The highest BCUT2D eigenvalue weighted by Gasteiger charge is 2.46. The molecule has 0 spiro atoms. The molecule has 0 radical (unpaired) electrons. The minimum absolute atomic E-state index is 0.0798. The molecule has 3 aromatic rings. The van der Waals surface area contributed by atoms with Crippen molar-refractivity contribution in [1.29, 1.82) is 0 Å². The summed E-state index contributed by atoms with van der Waals surface area (Å²) in [5.74, 6) is 1.03. The Bertz CT molecular complexity index is 1590. The van der Waals surface area contributed by atoms with Gasteiger partial charge in [0.15, 0.2) is 5.60 Å². The number of hydrogen-bond donors (Lipinski definition) is 2. The lowest BCUT2D eigenvalue weighted by molar-refractivity contribution is -0.144. The van der Waals surface area contributed by atoms with E-state index >= 15 is 0 Å². The molecule has 11 heteroatoms. The van der Waals surface area contributed by atoms with Crippen molar-refractivity contribution in [3.63, 3.8) is 0 Å². The summed E-state index contributed by atoms with van der Waals surface area (Å²) in [6.45, 7) is 7.79. The van der Waals surface area contributed by atoms with Crippen LogP contribution in [0.2, 0.25) is 0 Å². The molecule has 3 saturated heterocycles. The highest BCUT2D eigenvalue weighted by Crippen LogP contribution is 2.35. The van der Waals surface area contributed by atoms with Crippen LogP contribution < -0.4 is 9.64 Å². The number of carbonyl (C=O) groups is 3. The van der Waals surface area contributed by atoms with Crippen LogP contribution >= 0.6 is 0 Å². The number of carboxylic acid groups (broad SMARTS) is 1. The third-order valence-corrected chi connectivity index (χ3v) is 10.3. The summed E-state index contributed by atoms with van der Waals surface area (Å²) in [7, 11) is 0. The third-order valence-electron chi connectivity index (χ3n) is 10.3. The van der Waals surface area contributed by atoms with Crippen LogP contribution in [0.3, 0.4) is 0 Å². The smallest absolute Gasteiger partial charge is 0.407 e. The van der Waals surface area contributed by atoms with Gasteiger partial charge in [0.1, 0.15) is 5.75 Å². The van der Waals surface area contributed by atoms with Crippen molar-refractivity contribution < 1.29 is 24.2 Å². The molecular weight excluding hydrogens is 596 g/mol. The first kappa shape index (κ1) is 31.1. The van der Waals surface area contributed by atoms with Gasteiger partial charge >= 0.3 is 6.09 Å². The van der Waals surface area contributed by atoms with Crippen LogP contribution in [0.25, 0.3) is 11.1 Å². The number of aromatic amines is 1. The van der Waals surface area contributed by atoms with Crippen LogP contribution in [-0.4, -0.2) is 98.8 Å². The Morgan fingerprint density at radius 3 is 2.34 bits per heavy atom. The number of anilines is 1. The predicted octanol–water partition coefficient (Wildman–Crippen LogP) is 4.71. The quantitative estimate of drug-likeness (QED) is 0.348. The Morgan fingerprint density at radius 1 is 0.957 bits per heavy atom. The molecule has 3 aliphatic heterocycles. The van der Waals surface area contributed by atoms with Gasteiger partial charge in [-0.3, -0.25) is 14.7 Å². The number of carbonyl (C=O) groups excluding carboxylic acids is 2. The maximum absolute atomic E-state index is 14.0. The van der Waals surface area contributed by atoms with E-state index in [4.69, 9.17) is 4.74 Å². The molecule has 4 heterocycles. The van der Waals surface area contributed by atoms with Crippen molar-refractivity contribution in [2.24, 2.45) is 17.8 Å². The molecule has 7 rings (SSSR count). The van der Waals surface area contributed by atoms with Crippen LogP contribution in [0.4, 0.5) is 10.5 Å². The molecule has 47 heavy (non-hydrogen) atoms. The van der Waals surface area contributed by atoms with Gasteiger partial charge in [0.2, 0.25) is 5.91 Å². The zero-order chi connectivity index (χ0) is 32.7. The number of H-pyrrole nitrogens is 1. The van der Waals surface area contributed by atoms with Crippen LogP contribution in [0.15, 0.2) is 60.9 Å². The van der Waals surface area contributed by atoms with Crippen molar-refractivity contribution in [3.8, 4) is 16.9 Å². The fourth-order valence-electron chi connectivity index (χ4n) is 7.61. The number of hydrogen-bond acceptors (Lipinski definition) is 6. The molecular formula is C36H44N6O5. The summed E-state index contributed by atoms with van der Waals surface area (Å²) in [6.07, 6.45) is 6.72. The molecule has 3 amide bonds. The summed E-state index contributed by atoms with van der Waals surface area (Å²) in [6, 6.07) is 16.6. The fourth-order valence-corrected chi connectivity index (χ4v) is 7.61. The van der Waals surface area contributed by atoms with Gasteiger partial charge in [-0.05, 0) is 62.8 Å². The number of fused-ring (bicyclic) bond motifs is 1. The van der Waals surface area contributed by atoms with E-state index < -0.39 is 11.7 Å². The zero-order valence-corrected chi connectivity index (χ0v) is 27.2. The van der Waals surface area contributed by atoms with Gasteiger partial charge in [-0.2, -0.15) is 5.10 Å². The molecule has 4 fully saturated rings. The highest BCUT2D eigenvalue weighted by atomic mass is 16.5. The summed E-state index contributed by atoms with van der Waals surface area (Å²) in [5, 5.41) is 16.2. The second-order valence-electron chi connectivity index (χ2n) is 14.2. The van der Waals surface area contributed by atoms with Crippen LogP contribution in [0, 0.1) is 17.8 Å². The van der Waals surface area contributed by atoms with Crippen LogP contribution in [0.1, 0.15) is 45.1 Å². The number of nitrogens with zero attached hydrogens (tertiary/aromatic N) is 5. The van der Waals surface area contributed by atoms with Gasteiger partial charge in [-0.1, -0.05) is 30.3 Å². The van der Waals surface area contributed by atoms with Crippen LogP contribution in [-0.2, 0) is 16.1 Å². The molecule has 1 saturated carbocycles. The van der Waals surface area contributed by atoms with Crippen molar-refractivity contribution in [3.05, 3.63) is 66.5 Å². The van der Waals surface area contributed by atoms with E-state index in [1.165, 1.54) is 4.90 Å². The number of likely N-dealkylation sites (tertiary alicyclic amines) is 2. The molecule has 0 bridgehead atoms. The molecule has 4 aliphatic rings. The first-order valence-corrected chi connectivity index (χ1v) is 16.8. The predicted molar refractivity (Wildman–Crippen MR) is 177 cm³/mol.